The van der Waals surface area contributed by atoms with Gasteiger partial charge >= 0.3 is 0 Å². The van der Waals surface area contributed by atoms with Gasteiger partial charge in [-0.3, -0.25) is 0 Å². The van der Waals surface area contributed by atoms with Crippen LogP contribution in [0.15, 0.2) is 24.2 Å². The van der Waals surface area contributed by atoms with E-state index in [0.29, 0.717) is 23.9 Å². The first kappa shape index (κ1) is 24.7. The highest BCUT2D eigenvalue weighted by Gasteiger charge is 2.18. The molecule has 0 atom stereocenters. The Labute approximate surface area is 197 Å². The van der Waals surface area contributed by atoms with Crippen molar-refractivity contribution in [2.45, 2.75) is 71.3 Å². The molecule has 2 aromatic rings. The Hall–Kier alpha value is -2.94. The standard InChI is InChI=1S/C24H38N8O/c1-5-6-12-22-27-16-28-24(30-22)31(3)15-20(32(4)26)23(25)19-13-14-21(17(2)29-19)33-18-10-8-7-9-11-18/h13-14,16,18H,5-12,15,25-26H2,1-4H3/b23-20-. The quantitative estimate of drug-likeness (QED) is 0.412. The molecule has 0 spiro atoms. The molecule has 1 aliphatic rings. The van der Waals surface area contributed by atoms with Crippen LogP contribution in [0.25, 0.3) is 5.70 Å². The Balaban J connectivity index is 1.77. The first-order valence-corrected chi connectivity index (χ1v) is 11.9. The number of hydrogen-bond donors (Lipinski definition) is 2. The Morgan fingerprint density at radius 2 is 1.88 bits per heavy atom. The topological polar surface area (TPSA) is 119 Å². The van der Waals surface area contributed by atoms with Crippen molar-refractivity contribution in [3.8, 4) is 5.75 Å². The number of unbranched alkanes of at least 4 members (excludes halogenated alkanes) is 1. The first-order chi connectivity index (χ1) is 15.9. The fraction of sp³-hybridized carbons (Fsp3) is 0.583. The van der Waals surface area contributed by atoms with Crippen molar-refractivity contribution in [3.05, 3.63) is 41.4 Å². The predicted molar refractivity (Wildman–Crippen MR) is 131 cm³/mol. The number of hydrogen-bond acceptors (Lipinski definition) is 9. The number of ether oxygens (including phenoxy) is 1. The maximum Gasteiger partial charge on any atom is 0.228 e. The van der Waals surface area contributed by atoms with Gasteiger partial charge in [0.05, 0.1) is 35.4 Å². The second kappa shape index (κ2) is 11.8. The van der Waals surface area contributed by atoms with Crippen LogP contribution in [0.3, 0.4) is 0 Å². The van der Waals surface area contributed by atoms with Crippen LogP contribution in [-0.2, 0) is 6.42 Å². The molecular weight excluding hydrogens is 416 g/mol. The number of rotatable bonds is 10. The molecule has 2 aromatic heterocycles. The van der Waals surface area contributed by atoms with E-state index < -0.39 is 0 Å². The number of pyridine rings is 1. The summed E-state index contributed by atoms with van der Waals surface area (Å²) in [5.74, 6) is 8.35. The van der Waals surface area contributed by atoms with Gasteiger partial charge in [-0.05, 0) is 51.2 Å². The number of aromatic nitrogens is 4. The average Bonchev–Trinajstić information content (AvgIpc) is 2.82. The number of anilines is 1. The summed E-state index contributed by atoms with van der Waals surface area (Å²) in [7, 11) is 3.68. The third-order valence-corrected chi connectivity index (χ3v) is 5.99. The Kier molecular flexibility index (Phi) is 8.82. The van der Waals surface area contributed by atoms with E-state index in [9.17, 15) is 0 Å². The Morgan fingerprint density at radius 3 is 2.55 bits per heavy atom. The molecule has 0 saturated heterocycles. The van der Waals surface area contributed by atoms with E-state index >= 15 is 0 Å². The van der Waals surface area contributed by atoms with Crippen LogP contribution in [0.4, 0.5) is 5.95 Å². The average molecular weight is 455 g/mol. The predicted octanol–water partition coefficient (Wildman–Crippen LogP) is 3.20. The highest BCUT2D eigenvalue weighted by Crippen LogP contribution is 2.26. The van der Waals surface area contributed by atoms with E-state index in [1.165, 1.54) is 24.3 Å². The van der Waals surface area contributed by atoms with Crippen molar-refractivity contribution >= 4 is 11.6 Å². The van der Waals surface area contributed by atoms with E-state index in [2.05, 4.69) is 21.9 Å². The van der Waals surface area contributed by atoms with Crippen molar-refractivity contribution in [1.82, 2.24) is 24.9 Å². The summed E-state index contributed by atoms with van der Waals surface area (Å²) in [6.07, 6.45) is 10.8. The van der Waals surface area contributed by atoms with Crippen LogP contribution < -0.4 is 21.2 Å². The number of likely N-dealkylation sites (N-methyl/N-ethyl adjacent to an activating group) is 2. The minimum Gasteiger partial charge on any atom is -0.489 e. The zero-order chi connectivity index (χ0) is 23.8. The van der Waals surface area contributed by atoms with Gasteiger partial charge in [0, 0.05) is 20.5 Å². The molecule has 9 heteroatoms. The summed E-state index contributed by atoms with van der Waals surface area (Å²) in [6.45, 7) is 4.53. The van der Waals surface area contributed by atoms with Gasteiger partial charge < -0.3 is 20.4 Å². The van der Waals surface area contributed by atoms with Gasteiger partial charge in [0.2, 0.25) is 5.95 Å². The maximum atomic E-state index is 6.54. The third-order valence-electron chi connectivity index (χ3n) is 5.99. The summed E-state index contributed by atoms with van der Waals surface area (Å²) in [5.41, 5.74) is 9.27. The fourth-order valence-electron chi connectivity index (χ4n) is 3.97. The van der Waals surface area contributed by atoms with Gasteiger partial charge in [-0.25, -0.2) is 20.8 Å². The molecule has 0 amide bonds. The van der Waals surface area contributed by atoms with Crippen LogP contribution in [0.2, 0.25) is 0 Å². The zero-order valence-electron chi connectivity index (χ0n) is 20.4. The molecule has 0 aliphatic heterocycles. The van der Waals surface area contributed by atoms with Gasteiger partial charge in [0.1, 0.15) is 17.9 Å². The van der Waals surface area contributed by atoms with Crippen LogP contribution in [0.1, 0.15) is 69.1 Å². The molecule has 1 saturated carbocycles. The van der Waals surface area contributed by atoms with Crippen molar-refractivity contribution < 1.29 is 4.74 Å². The van der Waals surface area contributed by atoms with E-state index in [-0.39, 0.29) is 6.10 Å². The molecule has 0 unspecified atom stereocenters. The van der Waals surface area contributed by atoms with Gasteiger partial charge in [0.15, 0.2) is 0 Å². The fourth-order valence-corrected chi connectivity index (χ4v) is 3.97. The van der Waals surface area contributed by atoms with E-state index in [4.69, 9.17) is 21.3 Å². The lowest BCUT2D eigenvalue weighted by Gasteiger charge is -2.26. The maximum absolute atomic E-state index is 6.54. The van der Waals surface area contributed by atoms with Crippen LogP contribution in [0.5, 0.6) is 5.75 Å². The number of aryl methyl sites for hydroxylation is 2. The third kappa shape index (κ3) is 6.77. The second-order valence-electron chi connectivity index (χ2n) is 8.79. The highest BCUT2D eigenvalue weighted by atomic mass is 16.5. The van der Waals surface area contributed by atoms with Crippen molar-refractivity contribution in [2.24, 2.45) is 11.6 Å². The summed E-state index contributed by atoms with van der Waals surface area (Å²) in [6, 6.07) is 3.86. The monoisotopic (exact) mass is 454 g/mol. The van der Waals surface area contributed by atoms with Crippen LogP contribution in [0, 0.1) is 6.92 Å². The van der Waals surface area contributed by atoms with Gasteiger partial charge in [0.25, 0.3) is 0 Å². The normalized spacial score (nSPS) is 15.2. The molecule has 4 N–H and O–H groups in total. The molecular formula is C24H38N8O. The van der Waals surface area contributed by atoms with Crippen molar-refractivity contribution in [1.29, 1.82) is 0 Å². The molecule has 0 aromatic carbocycles. The zero-order valence-corrected chi connectivity index (χ0v) is 20.4. The lowest BCUT2D eigenvalue weighted by molar-refractivity contribution is 0.153. The molecule has 33 heavy (non-hydrogen) atoms. The van der Waals surface area contributed by atoms with Gasteiger partial charge in [-0.1, -0.05) is 19.8 Å². The van der Waals surface area contributed by atoms with Crippen LogP contribution >= 0.6 is 0 Å². The first-order valence-electron chi connectivity index (χ1n) is 11.9. The highest BCUT2D eigenvalue weighted by molar-refractivity contribution is 5.64. The van der Waals surface area contributed by atoms with Gasteiger partial charge in [-0.15, -0.1) is 0 Å². The largest absolute Gasteiger partial charge is 0.489 e. The molecule has 180 valence electrons. The molecule has 0 radical (unpaired) electrons. The van der Waals surface area contributed by atoms with Crippen LogP contribution in [-0.4, -0.2) is 51.7 Å². The second-order valence-corrected chi connectivity index (χ2v) is 8.79. The van der Waals surface area contributed by atoms with E-state index in [1.54, 1.807) is 13.4 Å². The lowest BCUT2D eigenvalue weighted by Crippen LogP contribution is -2.36. The summed E-state index contributed by atoms with van der Waals surface area (Å²) >= 11 is 0. The SMILES string of the molecule is CCCCc1ncnc(N(C)C/C(=C(/N)c2ccc(OC3CCCCC3)c(C)n2)N(C)N)n1. The summed E-state index contributed by atoms with van der Waals surface area (Å²) in [5, 5.41) is 1.52. The van der Waals surface area contributed by atoms with E-state index in [1.807, 2.05) is 31.0 Å². The molecule has 9 nitrogen and oxygen atoms in total. The summed E-state index contributed by atoms with van der Waals surface area (Å²) in [4.78, 5) is 19.8. The minimum absolute atomic E-state index is 0.278. The smallest absolute Gasteiger partial charge is 0.228 e. The number of nitrogens with zero attached hydrogens (tertiary/aromatic N) is 6. The number of hydrazine groups is 1. The van der Waals surface area contributed by atoms with Gasteiger partial charge in [-0.2, -0.15) is 4.98 Å². The molecule has 2 heterocycles. The molecule has 1 fully saturated rings. The van der Waals surface area contributed by atoms with Crippen molar-refractivity contribution in [3.63, 3.8) is 0 Å². The lowest BCUT2D eigenvalue weighted by atomic mass is 9.98. The molecule has 3 rings (SSSR count). The minimum atomic E-state index is 0.278. The molecule has 1 aliphatic carbocycles. The molecule has 0 bridgehead atoms. The Morgan fingerprint density at radius 1 is 1.12 bits per heavy atom. The van der Waals surface area contributed by atoms with Crippen molar-refractivity contribution in [2.75, 3.05) is 25.5 Å². The van der Waals surface area contributed by atoms with E-state index in [0.717, 1.165) is 55.1 Å². The summed E-state index contributed by atoms with van der Waals surface area (Å²) < 4.78 is 6.21. The Bertz CT molecular complexity index is 940. The number of nitrogens with two attached hydrogens (primary N) is 2.